The molecule has 1 aliphatic rings. The van der Waals surface area contributed by atoms with Gasteiger partial charge in [0.15, 0.2) is 0 Å². The molecule has 1 atom stereocenters. The number of piperidine rings is 1. The van der Waals surface area contributed by atoms with Crippen LogP contribution in [0.1, 0.15) is 48.3 Å². The van der Waals surface area contributed by atoms with E-state index in [0.29, 0.717) is 18.7 Å². The van der Waals surface area contributed by atoms with Crippen molar-refractivity contribution in [1.82, 2.24) is 15.2 Å². The molecule has 1 unspecified atom stereocenters. The maximum absolute atomic E-state index is 12.9. The van der Waals surface area contributed by atoms with Crippen LogP contribution in [-0.4, -0.2) is 40.8 Å². The van der Waals surface area contributed by atoms with Gasteiger partial charge in [-0.05, 0) is 64.3 Å². The first-order chi connectivity index (χ1) is 11.9. The predicted octanol–water partition coefficient (Wildman–Crippen LogP) is 3.16. The fourth-order valence-electron chi connectivity index (χ4n) is 3.55. The Hall–Kier alpha value is -2.30. The molecule has 0 saturated carbocycles. The van der Waals surface area contributed by atoms with E-state index in [-0.39, 0.29) is 23.8 Å². The number of hydrogen-bond acceptors (Lipinski definition) is 2. The lowest BCUT2D eigenvalue weighted by atomic mass is 9.96. The maximum Gasteiger partial charge on any atom is 0.253 e. The summed E-state index contributed by atoms with van der Waals surface area (Å²) in [6, 6.07) is 5.93. The number of hydrogen-bond donors (Lipinski definition) is 2. The summed E-state index contributed by atoms with van der Waals surface area (Å²) < 4.78 is 0. The zero-order valence-corrected chi connectivity index (χ0v) is 15.5. The van der Waals surface area contributed by atoms with Crippen molar-refractivity contribution in [2.24, 2.45) is 5.92 Å². The minimum atomic E-state index is -0.111. The van der Waals surface area contributed by atoms with Gasteiger partial charge in [0, 0.05) is 41.3 Å². The average Bonchev–Trinajstić information content (AvgIpc) is 2.88. The van der Waals surface area contributed by atoms with Gasteiger partial charge in [0.25, 0.3) is 5.91 Å². The molecule has 3 rings (SSSR count). The highest BCUT2D eigenvalue weighted by Gasteiger charge is 2.29. The molecule has 2 aromatic rings. The van der Waals surface area contributed by atoms with Crippen molar-refractivity contribution < 1.29 is 9.59 Å². The lowest BCUT2D eigenvalue weighted by Crippen LogP contribution is -2.46. The largest absolute Gasteiger partial charge is 0.358 e. The number of nitrogens with zero attached hydrogens (tertiary/aromatic N) is 1. The molecule has 5 heteroatoms. The highest BCUT2D eigenvalue weighted by atomic mass is 16.2. The van der Waals surface area contributed by atoms with Gasteiger partial charge in [0.05, 0.1) is 5.92 Å². The van der Waals surface area contributed by atoms with Gasteiger partial charge in [-0.15, -0.1) is 0 Å². The second-order valence-electron chi connectivity index (χ2n) is 7.39. The number of fused-ring (bicyclic) bond motifs is 1. The number of likely N-dealkylation sites (tertiary alicyclic amines) is 1. The predicted molar refractivity (Wildman–Crippen MR) is 99.7 cm³/mol. The summed E-state index contributed by atoms with van der Waals surface area (Å²) in [5.74, 6) is -0.0395. The van der Waals surface area contributed by atoms with E-state index >= 15 is 0 Å². The highest BCUT2D eigenvalue weighted by Crippen LogP contribution is 2.24. The van der Waals surface area contributed by atoms with Crippen LogP contribution in [0.5, 0.6) is 0 Å². The average molecular weight is 341 g/mol. The molecule has 0 spiro atoms. The smallest absolute Gasteiger partial charge is 0.253 e. The topological polar surface area (TPSA) is 65.2 Å². The maximum atomic E-state index is 12.9. The first-order valence-corrected chi connectivity index (χ1v) is 9.05. The van der Waals surface area contributed by atoms with Crippen LogP contribution in [0.3, 0.4) is 0 Å². The van der Waals surface area contributed by atoms with E-state index < -0.39 is 0 Å². The van der Waals surface area contributed by atoms with Gasteiger partial charge in [-0.3, -0.25) is 9.59 Å². The summed E-state index contributed by atoms with van der Waals surface area (Å²) in [7, 11) is 0. The van der Waals surface area contributed by atoms with E-state index in [0.717, 1.165) is 29.4 Å². The Morgan fingerprint density at radius 2 is 2.04 bits per heavy atom. The van der Waals surface area contributed by atoms with Gasteiger partial charge in [-0.2, -0.15) is 0 Å². The molecule has 2 amide bonds. The van der Waals surface area contributed by atoms with Gasteiger partial charge >= 0.3 is 0 Å². The summed E-state index contributed by atoms with van der Waals surface area (Å²) >= 11 is 0. The molecule has 1 saturated heterocycles. The highest BCUT2D eigenvalue weighted by molar-refractivity contribution is 5.99. The van der Waals surface area contributed by atoms with Crippen molar-refractivity contribution in [2.75, 3.05) is 13.1 Å². The van der Waals surface area contributed by atoms with Crippen molar-refractivity contribution >= 4 is 22.7 Å². The lowest BCUT2D eigenvalue weighted by Gasteiger charge is -2.32. The number of H-pyrrole nitrogens is 1. The Labute approximate surface area is 148 Å². The van der Waals surface area contributed by atoms with Crippen molar-refractivity contribution in [3.8, 4) is 0 Å². The quantitative estimate of drug-likeness (QED) is 0.900. The van der Waals surface area contributed by atoms with E-state index in [1.54, 1.807) is 0 Å². The van der Waals surface area contributed by atoms with Gasteiger partial charge in [-0.25, -0.2) is 0 Å². The van der Waals surface area contributed by atoms with Gasteiger partial charge in [0.1, 0.15) is 0 Å². The van der Waals surface area contributed by atoms with E-state index in [2.05, 4.69) is 17.2 Å². The summed E-state index contributed by atoms with van der Waals surface area (Å²) in [6.45, 7) is 9.24. The second kappa shape index (κ2) is 6.90. The van der Waals surface area contributed by atoms with Crippen LogP contribution in [0.15, 0.2) is 18.2 Å². The first kappa shape index (κ1) is 17.5. The van der Waals surface area contributed by atoms with Crippen molar-refractivity contribution in [3.05, 3.63) is 35.0 Å². The molecule has 25 heavy (non-hydrogen) atoms. The molecule has 0 radical (unpaired) electrons. The van der Waals surface area contributed by atoms with Crippen molar-refractivity contribution in [1.29, 1.82) is 0 Å². The third-order valence-electron chi connectivity index (χ3n) is 5.07. The monoisotopic (exact) mass is 341 g/mol. The zero-order chi connectivity index (χ0) is 18.1. The third-order valence-corrected chi connectivity index (χ3v) is 5.07. The Morgan fingerprint density at radius 3 is 2.76 bits per heavy atom. The van der Waals surface area contributed by atoms with Crippen LogP contribution < -0.4 is 5.32 Å². The summed E-state index contributed by atoms with van der Waals surface area (Å²) in [4.78, 5) is 30.4. The third kappa shape index (κ3) is 3.55. The van der Waals surface area contributed by atoms with E-state index in [1.165, 1.54) is 5.56 Å². The first-order valence-electron chi connectivity index (χ1n) is 9.05. The van der Waals surface area contributed by atoms with Crippen LogP contribution in [0, 0.1) is 19.8 Å². The Bertz CT molecular complexity index is 807. The zero-order valence-electron chi connectivity index (χ0n) is 15.5. The summed E-state index contributed by atoms with van der Waals surface area (Å²) in [5.41, 5.74) is 4.05. The number of aromatic nitrogens is 1. The summed E-state index contributed by atoms with van der Waals surface area (Å²) in [5, 5.41) is 4.06. The molecule has 1 aromatic heterocycles. The minimum absolute atomic E-state index is 0.0159. The number of rotatable bonds is 3. The molecule has 5 nitrogen and oxygen atoms in total. The SMILES string of the molecule is Cc1[nH]c2ccc(C(=O)N3CCCC(C(=O)NC(C)C)C3)cc2c1C. The van der Waals surface area contributed by atoms with Gasteiger partial charge in [0.2, 0.25) is 5.91 Å². The molecule has 1 fully saturated rings. The number of aryl methyl sites for hydroxylation is 2. The van der Waals surface area contributed by atoms with Crippen LogP contribution in [-0.2, 0) is 4.79 Å². The molecule has 134 valence electrons. The van der Waals surface area contributed by atoms with Crippen LogP contribution in [0.25, 0.3) is 10.9 Å². The molecule has 2 N–H and O–H groups in total. The fourth-order valence-corrected chi connectivity index (χ4v) is 3.55. The second-order valence-corrected chi connectivity index (χ2v) is 7.39. The van der Waals surface area contributed by atoms with Crippen LogP contribution in [0.4, 0.5) is 0 Å². The molecule has 1 aliphatic heterocycles. The summed E-state index contributed by atoms with van der Waals surface area (Å²) in [6.07, 6.45) is 1.71. The number of carbonyl (C=O) groups is 2. The number of carbonyl (C=O) groups excluding carboxylic acids is 2. The van der Waals surface area contributed by atoms with Crippen LogP contribution in [0.2, 0.25) is 0 Å². The van der Waals surface area contributed by atoms with E-state index in [4.69, 9.17) is 0 Å². The molecule has 0 aliphatic carbocycles. The van der Waals surface area contributed by atoms with Gasteiger partial charge in [-0.1, -0.05) is 0 Å². The number of benzene rings is 1. The molecule has 1 aromatic carbocycles. The Morgan fingerprint density at radius 1 is 1.28 bits per heavy atom. The number of amides is 2. The van der Waals surface area contributed by atoms with Crippen LogP contribution >= 0.6 is 0 Å². The number of nitrogens with one attached hydrogen (secondary N) is 2. The molecular weight excluding hydrogens is 314 g/mol. The fraction of sp³-hybridized carbons (Fsp3) is 0.500. The molecular formula is C20H27N3O2. The molecule has 2 heterocycles. The van der Waals surface area contributed by atoms with Gasteiger partial charge < -0.3 is 15.2 Å². The standard InChI is InChI=1S/C20H27N3O2/c1-12(2)21-19(24)16-6-5-9-23(11-16)20(25)15-7-8-18-17(10-15)13(3)14(4)22-18/h7-8,10,12,16,22H,5-6,9,11H2,1-4H3,(H,21,24). The van der Waals surface area contributed by atoms with E-state index in [1.807, 2.05) is 43.9 Å². The van der Waals surface area contributed by atoms with E-state index in [9.17, 15) is 9.59 Å². The Balaban J connectivity index is 1.78. The Kier molecular flexibility index (Phi) is 4.84. The van der Waals surface area contributed by atoms with Crippen molar-refractivity contribution in [3.63, 3.8) is 0 Å². The lowest BCUT2D eigenvalue weighted by molar-refractivity contribution is -0.126. The minimum Gasteiger partial charge on any atom is -0.358 e. The van der Waals surface area contributed by atoms with Crippen molar-refractivity contribution in [2.45, 2.75) is 46.6 Å². The molecule has 0 bridgehead atoms. The number of aromatic amines is 1. The normalized spacial score (nSPS) is 18.0.